The summed E-state index contributed by atoms with van der Waals surface area (Å²) in [7, 11) is 1.54. The van der Waals surface area contributed by atoms with Crippen LogP contribution >= 0.6 is 0 Å². The Morgan fingerprint density at radius 3 is 2.30 bits per heavy atom. The molecule has 0 unspecified atom stereocenters. The van der Waals surface area contributed by atoms with Crippen molar-refractivity contribution >= 4 is 17.9 Å². The molecular formula is C16H19F3N2O6. The number of hydrogen-bond acceptors (Lipinski definition) is 6. The van der Waals surface area contributed by atoms with Crippen molar-refractivity contribution in [1.82, 2.24) is 10.6 Å². The van der Waals surface area contributed by atoms with Crippen LogP contribution in [0.15, 0.2) is 24.3 Å². The maximum absolute atomic E-state index is 11.9. The molecule has 150 valence electrons. The van der Waals surface area contributed by atoms with Crippen LogP contribution in [0.4, 0.5) is 18.0 Å². The molecule has 0 aromatic heterocycles. The van der Waals surface area contributed by atoms with Crippen molar-refractivity contribution in [1.29, 1.82) is 0 Å². The number of alkyl halides is 3. The molecular weight excluding hydrogens is 373 g/mol. The van der Waals surface area contributed by atoms with E-state index < -0.39 is 37.2 Å². The van der Waals surface area contributed by atoms with E-state index in [0.717, 1.165) is 0 Å². The van der Waals surface area contributed by atoms with Gasteiger partial charge in [-0.05, 0) is 30.7 Å². The highest BCUT2D eigenvalue weighted by Gasteiger charge is 2.28. The van der Waals surface area contributed by atoms with Crippen molar-refractivity contribution in [3.05, 3.63) is 24.3 Å². The minimum atomic E-state index is -4.60. The van der Waals surface area contributed by atoms with Gasteiger partial charge in [-0.3, -0.25) is 14.9 Å². The minimum absolute atomic E-state index is 0.0380. The summed E-state index contributed by atoms with van der Waals surface area (Å²) in [4.78, 5) is 33.8. The van der Waals surface area contributed by atoms with Gasteiger partial charge in [0.05, 0.1) is 13.7 Å². The number of nitrogens with one attached hydrogen (secondary N) is 2. The first-order valence-electron chi connectivity index (χ1n) is 7.76. The second-order valence-corrected chi connectivity index (χ2v) is 5.13. The molecule has 0 atom stereocenters. The summed E-state index contributed by atoms with van der Waals surface area (Å²) in [6.45, 7) is -2.13. The summed E-state index contributed by atoms with van der Waals surface area (Å²) < 4.78 is 50.7. The standard InChI is InChI=1S/C16H19F3N2O6/c1-25-11-4-6-12(7-5-11)26-8-2-3-14(23)27-9-13(22)21-15(24)20-10-16(17,18)19/h4-7H,2-3,8-10H2,1H3,(H2,20,21,22,24). The average Bonchev–Trinajstić information content (AvgIpc) is 2.62. The zero-order valence-electron chi connectivity index (χ0n) is 14.4. The number of methoxy groups -OCH3 is 1. The molecule has 0 aliphatic carbocycles. The topological polar surface area (TPSA) is 103 Å². The molecule has 27 heavy (non-hydrogen) atoms. The smallest absolute Gasteiger partial charge is 0.405 e. The number of carbonyl (C=O) groups is 3. The maximum atomic E-state index is 11.9. The van der Waals surface area contributed by atoms with Crippen LogP contribution in [-0.2, 0) is 14.3 Å². The first kappa shape index (κ1) is 22.1. The normalized spacial score (nSPS) is 10.7. The predicted molar refractivity (Wildman–Crippen MR) is 86.3 cm³/mol. The maximum Gasteiger partial charge on any atom is 0.405 e. The van der Waals surface area contributed by atoms with Crippen LogP contribution in [0.1, 0.15) is 12.8 Å². The van der Waals surface area contributed by atoms with Crippen molar-refractivity contribution in [3.8, 4) is 11.5 Å². The molecule has 0 aliphatic heterocycles. The second kappa shape index (κ2) is 10.9. The van der Waals surface area contributed by atoms with Gasteiger partial charge in [0.1, 0.15) is 18.0 Å². The fraction of sp³-hybridized carbons (Fsp3) is 0.438. The Morgan fingerprint density at radius 1 is 1.07 bits per heavy atom. The number of hydrogen-bond donors (Lipinski definition) is 2. The van der Waals surface area contributed by atoms with E-state index in [4.69, 9.17) is 9.47 Å². The zero-order chi connectivity index (χ0) is 20.3. The van der Waals surface area contributed by atoms with Crippen LogP contribution in [0.3, 0.4) is 0 Å². The van der Waals surface area contributed by atoms with Crippen molar-refractivity contribution in [3.63, 3.8) is 0 Å². The molecule has 1 rings (SSSR count). The predicted octanol–water partition coefficient (Wildman–Crippen LogP) is 1.79. The number of urea groups is 1. The summed E-state index contributed by atoms with van der Waals surface area (Å²) in [5, 5.41) is 3.05. The van der Waals surface area contributed by atoms with E-state index in [-0.39, 0.29) is 13.0 Å². The van der Waals surface area contributed by atoms with Gasteiger partial charge in [0.25, 0.3) is 5.91 Å². The van der Waals surface area contributed by atoms with Gasteiger partial charge < -0.3 is 19.5 Å². The number of rotatable bonds is 9. The van der Waals surface area contributed by atoms with Crippen LogP contribution in [0, 0.1) is 0 Å². The van der Waals surface area contributed by atoms with E-state index in [0.29, 0.717) is 17.9 Å². The molecule has 8 nitrogen and oxygen atoms in total. The molecule has 0 heterocycles. The third-order valence-corrected chi connectivity index (χ3v) is 2.92. The van der Waals surface area contributed by atoms with Crippen LogP contribution in [-0.4, -0.2) is 51.0 Å². The summed E-state index contributed by atoms with van der Waals surface area (Å²) in [6, 6.07) is 5.50. The molecule has 0 saturated heterocycles. The van der Waals surface area contributed by atoms with Gasteiger partial charge in [-0.25, -0.2) is 4.79 Å². The lowest BCUT2D eigenvalue weighted by Gasteiger charge is -2.09. The monoisotopic (exact) mass is 392 g/mol. The van der Waals surface area contributed by atoms with E-state index in [2.05, 4.69) is 4.74 Å². The van der Waals surface area contributed by atoms with Crippen molar-refractivity contribution < 1.29 is 41.8 Å². The minimum Gasteiger partial charge on any atom is -0.497 e. The number of esters is 1. The van der Waals surface area contributed by atoms with Gasteiger partial charge in [0.2, 0.25) is 0 Å². The number of halogens is 3. The van der Waals surface area contributed by atoms with Gasteiger partial charge in [0, 0.05) is 6.42 Å². The summed E-state index contributed by atoms with van der Waals surface area (Å²) in [5.41, 5.74) is 0. The van der Waals surface area contributed by atoms with E-state index in [1.165, 1.54) is 12.4 Å². The zero-order valence-corrected chi connectivity index (χ0v) is 14.4. The van der Waals surface area contributed by atoms with Gasteiger partial charge in [-0.2, -0.15) is 13.2 Å². The molecule has 2 N–H and O–H groups in total. The lowest BCUT2D eigenvalue weighted by Crippen LogP contribution is -2.44. The van der Waals surface area contributed by atoms with Gasteiger partial charge in [-0.15, -0.1) is 0 Å². The first-order valence-corrected chi connectivity index (χ1v) is 7.76. The molecule has 0 radical (unpaired) electrons. The van der Waals surface area contributed by atoms with Gasteiger partial charge >= 0.3 is 18.2 Å². The second-order valence-electron chi connectivity index (χ2n) is 5.13. The number of amides is 3. The Hall–Kier alpha value is -2.98. The first-order chi connectivity index (χ1) is 12.7. The molecule has 0 fully saturated rings. The molecule has 0 aliphatic rings. The number of benzene rings is 1. The van der Waals surface area contributed by atoms with Crippen LogP contribution in [0.2, 0.25) is 0 Å². The van der Waals surface area contributed by atoms with E-state index in [9.17, 15) is 27.6 Å². The van der Waals surface area contributed by atoms with Gasteiger partial charge in [0.15, 0.2) is 6.61 Å². The quantitative estimate of drug-likeness (QED) is 0.491. The Balaban J connectivity index is 2.13. The number of ether oxygens (including phenoxy) is 3. The van der Waals surface area contributed by atoms with Crippen LogP contribution in [0.5, 0.6) is 11.5 Å². The molecule has 0 bridgehead atoms. The third kappa shape index (κ3) is 10.6. The highest BCUT2D eigenvalue weighted by atomic mass is 19.4. The molecule has 1 aromatic carbocycles. The summed E-state index contributed by atoms with van der Waals surface area (Å²) in [5.74, 6) is -0.485. The molecule has 3 amide bonds. The SMILES string of the molecule is COc1ccc(OCCCC(=O)OCC(=O)NC(=O)NCC(F)(F)F)cc1. The molecule has 0 saturated carbocycles. The van der Waals surface area contributed by atoms with E-state index >= 15 is 0 Å². The van der Waals surface area contributed by atoms with Gasteiger partial charge in [-0.1, -0.05) is 0 Å². The lowest BCUT2D eigenvalue weighted by molar-refractivity contribution is -0.148. The Morgan fingerprint density at radius 2 is 1.70 bits per heavy atom. The Bertz CT molecular complexity index is 634. The van der Waals surface area contributed by atoms with Crippen molar-refractivity contribution in [2.24, 2.45) is 0 Å². The Labute approximate surface area is 153 Å². The largest absolute Gasteiger partial charge is 0.497 e. The summed E-state index contributed by atoms with van der Waals surface area (Å²) in [6.07, 6.45) is -4.32. The fourth-order valence-electron chi connectivity index (χ4n) is 1.68. The average molecular weight is 392 g/mol. The van der Waals surface area contributed by atoms with E-state index in [1.807, 2.05) is 0 Å². The highest BCUT2D eigenvalue weighted by molar-refractivity contribution is 5.95. The van der Waals surface area contributed by atoms with Crippen LogP contribution in [0.25, 0.3) is 0 Å². The highest BCUT2D eigenvalue weighted by Crippen LogP contribution is 2.17. The fourth-order valence-corrected chi connectivity index (χ4v) is 1.68. The summed E-state index contributed by atoms with van der Waals surface area (Å²) >= 11 is 0. The third-order valence-electron chi connectivity index (χ3n) is 2.92. The molecule has 11 heteroatoms. The number of carbonyl (C=O) groups excluding carboxylic acids is 3. The van der Waals surface area contributed by atoms with Crippen LogP contribution < -0.4 is 20.1 Å². The number of imide groups is 1. The molecule has 0 spiro atoms. The van der Waals surface area contributed by atoms with E-state index in [1.54, 1.807) is 29.6 Å². The molecule has 1 aromatic rings. The lowest BCUT2D eigenvalue weighted by atomic mass is 10.3. The van der Waals surface area contributed by atoms with Crippen molar-refractivity contribution in [2.75, 3.05) is 26.9 Å². The van der Waals surface area contributed by atoms with Crippen molar-refractivity contribution in [2.45, 2.75) is 19.0 Å². The Kier molecular flexibility index (Phi) is 8.90.